The molecule has 2 rings (SSSR count). The fourth-order valence-corrected chi connectivity index (χ4v) is 2.59. The standard InChI is InChI=1S/C16H23NO4/c1-11(2)17-8-6-13(7-9-17)21-15-10-12(16(18)19)4-5-14(15)20-3/h4-5,10-11,13H,6-9H2,1-3H3,(H,18,19). The van der Waals surface area contributed by atoms with E-state index >= 15 is 0 Å². The van der Waals surface area contributed by atoms with Crippen LogP contribution in [0.4, 0.5) is 0 Å². The van der Waals surface area contributed by atoms with Crippen molar-refractivity contribution in [2.75, 3.05) is 20.2 Å². The van der Waals surface area contributed by atoms with Gasteiger partial charge in [-0.15, -0.1) is 0 Å². The molecular weight excluding hydrogens is 270 g/mol. The van der Waals surface area contributed by atoms with Crippen LogP contribution in [0.1, 0.15) is 37.0 Å². The fraction of sp³-hybridized carbons (Fsp3) is 0.562. The number of likely N-dealkylation sites (tertiary alicyclic amines) is 1. The highest BCUT2D eigenvalue weighted by Gasteiger charge is 2.23. The van der Waals surface area contributed by atoms with Gasteiger partial charge in [0.05, 0.1) is 12.7 Å². The summed E-state index contributed by atoms with van der Waals surface area (Å²) in [5, 5.41) is 9.07. The molecule has 0 saturated carbocycles. The summed E-state index contributed by atoms with van der Waals surface area (Å²) in [6.07, 6.45) is 2.00. The summed E-state index contributed by atoms with van der Waals surface area (Å²) in [5.41, 5.74) is 0.213. The fourth-order valence-electron chi connectivity index (χ4n) is 2.59. The van der Waals surface area contributed by atoms with Gasteiger partial charge in [0.2, 0.25) is 0 Å². The van der Waals surface area contributed by atoms with Crippen LogP contribution in [0.25, 0.3) is 0 Å². The van der Waals surface area contributed by atoms with Crippen LogP contribution in [0, 0.1) is 0 Å². The van der Waals surface area contributed by atoms with Gasteiger partial charge in [0.25, 0.3) is 0 Å². The van der Waals surface area contributed by atoms with Crippen molar-refractivity contribution in [2.24, 2.45) is 0 Å². The second-order valence-corrected chi connectivity index (χ2v) is 5.62. The second-order valence-electron chi connectivity index (χ2n) is 5.62. The van der Waals surface area contributed by atoms with Crippen LogP contribution in [-0.4, -0.2) is 48.3 Å². The van der Waals surface area contributed by atoms with Gasteiger partial charge in [0, 0.05) is 19.1 Å². The number of carboxylic acid groups (broad SMARTS) is 1. The van der Waals surface area contributed by atoms with Gasteiger partial charge in [0.15, 0.2) is 11.5 Å². The van der Waals surface area contributed by atoms with Gasteiger partial charge in [-0.25, -0.2) is 4.79 Å². The predicted molar refractivity (Wildman–Crippen MR) is 80.3 cm³/mol. The molecule has 0 bridgehead atoms. The third-order valence-electron chi connectivity index (χ3n) is 3.91. The van der Waals surface area contributed by atoms with Crippen LogP contribution >= 0.6 is 0 Å². The number of piperidine rings is 1. The molecule has 1 heterocycles. The molecule has 1 aromatic rings. The quantitative estimate of drug-likeness (QED) is 0.904. The number of hydrogen-bond donors (Lipinski definition) is 1. The Balaban J connectivity index is 2.05. The maximum atomic E-state index is 11.1. The summed E-state index contributed by atoms with van der Waals surface area (Å²) in [6.45, 7) is 6.40. The smallest absolute Gasteiger partial charge is 0.335 e. The van der Waals surface area contributed by atoms with Crippen LogP contribution < -0.4 is 9.47 Å². The molecule has 0 unspecified atom stereocenters. The molecule has 0 aliphatic carbocycles. The summed E-state index contributed by atoms with van der Waals surface area (Å²) in [6, 6.07) is 5.25. The molecule has 1 saturated heterocycles. The van der Waals surface area contributed by atoms with Crippen LogP contribution in [0.3, 0.4) is 0 Å². The van der Waals surface area contributed by atoms with E-state index in [2.05, 4.69) is 18.7 Å². The number of rotatable bonds is 5. The molecule has 1 fully saturated rings. The number of ether oxygens (including phenoxy) is 2. The zero-order valence-corrected chi connectivity index (χ0v) is 12.8. The molecule has 116 valence electrons. The van der Waals surface area contributed by atoms with E-state index < -0.39 is 5.97 Å². The van der Waals surface area contributed by atoms with Gasteiger partial charge >= 0.3 is 5.97 Å². The molecule has 0 aromatic heterocycles. The van der Waals surface area contributed by atoms with Crippen LogP contribution in [0.2, 0.25) is 0 Å². The largest absolute Gasteiger partial charge is 0.493 e. The highest BCUT2D eigenvalue weighted by atomic mass is 16.5. The van der Waals surface area contributed by atoms with Crippen molar-refractivity contribution in [3.05, 3.63) is 23.8 Å². The molecule has 5 nitrogen and oxygen atoms in total. The first-order valence-electron chi connectivity index (χ1n) is 7.33. The third-order valence-corrected chi connectivity index (χ3v) is 3.91. The van der Waals surface area contributed by atoms with Crippen molar-refractivity contribution in [3.63, 3.8) is 0 Å². The van der Waals surface area contributed by atoms with Crippen molar-refractivity contribution in [1.82, 2.24) is 4.90 Å². The second kappa shape index (κ2) is 6.80. The lowest BCUT2D eigenvalue weighted by Crippen LogP contribution is -2.41. The Morgan fingerprint density at radius 2 is 1.95 bits per heavy atom. The van der Waals surface area contributed by atoms with Gasteiger partial charge in [-0.3, -0.25) is 0 Å². The molecule has 0 radical (unpaired) electrons. The van der Waals surface area contributed by atoms with E-state index in [1.807, 2.05) is 0 Å². The number of carboxylic acids is 1. The Bertz CT molecular complexity index is 493. The summed E-state index contributed by atoms with van der Waals surface area (Å²) in [7, 11) is 1.56. The highest BCUT2D eigenvalue weighted by molar-refractivity contribution is 5.88. The third kappa shape index (κ3) is 3.88. The minimum Gasteiger partial charge on any atom is -0.493 e. The monoisotopic (exact) mass is 293 g/mol. The van der Waals surface area contributed by atoms with E-state index in [4.69, 9.17) is 14.6 Å². The zero-order chi connectivity index (χ0) is 15.4. The van der Waals surface area contributed by atoms with E-state index in [9.17, 15) is 4.79 Å². The number of benzene rings is 1. The van der Waals surface area contributed by atoms with Gasteiger partial charge < -0.3 is 19.5 Å². The predicted octanol–water partition coefficient (Wildman–Crippen LogP) is 2.65. The van der Waals surface area contributed by atoms with Crippen LogP contribution in [0.5, 0.6) is 11.5 Å². The molecule has 1 aliphatic heterocycles. The Labute approximate surface area is 125 Å². The molecule has 5 heteroatoms. The molecule has 0 spiro atoms. The SMILES string of the molecule is COc1ccc(C(=O)O)cc1OC1CCN(C(C)C)CC1. The summed E-state index contributed by atoms with van der Waals surface area (Å²) in [5.74, 6) is 0.129. The lowest BCUT2D eigenvalue weighted by atomic mass is 10.1. The first-order chi connectivity index (χ1) is 10.0. The van der Waals surface area contributed by atoms with Crippen molar-refractivity contribution in [2.45, 2.75) is 38.8 Å². The lowest BCUT2D eigenvalue weighted by Gasteiger charge is -2.34. The lowest BCUT2D eigenvalue weighted by molar-refractivity contribution is 0.0691. The number of methoxy groups -OCH3 is 1. The average Bonchev–Trinajstić information content (AvgIpc) is 2.47. The molecule has 0 amide bonds. The van der Waals surface area contributed by atoms with Crippen molar-refractivity contribution < 1.29 is 19.4 Å². The van der Waals surface area contributed by atoms with Gasteiger partial charge in [-0.1, -0.05) is 0 Å². The zero-order valence-electron chi connectivity index (χ0n) is 12.8. The molecule has 1 aliphatic rings. The highest BCUT2D eigenvalue weighted by Crippen LogP contribution is 2.31. The minimum absolute atomic E-state index is 0.109. The molecular formula is C16H23NO4. The number of carbonyl (C=O) groups is 1. The van der Waals surface area contributed by atoms with Crippen molar-refractivity contribution >= 4 is 5.97 Å². The first-order valence-corrected chi connectivity index (χ1v) is 7.33. The first kappa shape index (κ1) is 15.6. The van der Waals surface area contributed by atoms with Gasteiger partial charge in [-0.2, -0.15) is 0 Å². The van der Waals surface area contributed by atoms with Crippen molar-refractivity contribution in [1.29, 1.82) is 0 Å². The van der Waals surface area contributed by atoms with E-state index in [-0.39, 0.29) is 11.7 Å². The Morgan fingerprint density at radius 1 is 1.29 bits per heavy atom. The summed E-state index contributed by atoms with van der Waals surface area (Å²) in [4.78, 5) is 13.5. The van der Waals surface area contributed by atoms with Crippen LogP contribution in [-0.2, 0) is 0 Å². The molecule has 1 N–H and O–H groups in total. The maximum Gasteiger partial charge on any atom is 0.335 e. The Kier molecular flexibility index (Phi) is 5.07. The Hall–Kier alpha value is -1.75. The van der Waals surface area contributed by atoms with E-state index in [0.29, 0.717) is 17.5 Å². The molecule has 1 aromatic carbocycles. The van der Waals surface area contributed by atoms with Gasteiger partial charge in [0.1, 0.15) is 6.10 Å². The van der Waals surface area contributed by atoms with E-state index in [1.165, 1.54) is 12.1 Å². The number of nitrogens with zero attached hydrogens (tertiary/aromatic N) is 1. The average molecular weight is 293 g/mol. The van der Waals surface area contributed by atoms with Gasteiger partial charge in [-0.05, 0) is 44.9 Å². The topological polar surface area (TPSA) is 59.0 Å². The van der Waals surface area contributed by atoms with E-state index in [1.54, 1.807) is 13.2 Å². The minimum atomic E-state index is -0.961. The van der Waals surface area contributed by atoms with Crippen LogP contribution in [0.15, 0.2) is 18.2 Å². The Morgan fingerprint density at radius 3 is 2.48 bits per heavy atom. The summed E-state index contributed by atoms with van der Waals surface area (Å²) >= 11 is 0. The molecule has 0 atom stereocenters. The maximum absolute atomic E-state index is 11.1. The summed E-state index contributed by atoms with van der Waals surface area (Å²) < 4.78 is 11.2. The normalized spacial score (nSPS) is 17.0. The van der Waals surface area contributed by atoms with Crippen molar-refractivity contribution in [3.8, 4) is 11.5 Å². The van der Waals surface area contributed by atoms with E-state index in [0.717, 1.165) is 25.9 Å². The molecule has 21 heavy (non-hydrogen) atoms. The number of aromatic carboxylic acids is 1. The number of hydrogen-bond acceptors (Lipinski definition) is 4.